The summed E-state index contributed by atoms with van der Waals surface area (Å²) < 4.78 is 0. The van der Waals surface area contributed by atoms with Crippen molar-refractivity contribution in [2.75, 3.05) is 5.75 Å². The minimum Gasteiger partial charge on any atom is -0.241 e. The van der Waals surface area contributed by atoms with Crippen molar-refractivity contribution in [1.82, 2.24) is 4.98 Å². The van der Waals surface area contributed by atoms with Crippen molar-refractivity contribution in [2.45, 2.75) is 31.6 Å². The Bertz CT molecular complexity index is 459. The Balaban J connectivity index is 2.15. The van der Waals surface area contributed by atoms with Gasteiger partial charge in [0.15, 0.2) is 0 Å². The predicted octanol–water partition coefficient (Wildman–Crippen LogP) is 4.87. The SMILES string of the molecule is CCCc1csc(-c2ccc(SCC)cc2)n1. The van der Waals surface area contributed by atoms with Crippen molar-refractivity contribution in [3.63, 3.8) is 0 Å². The highest BCUT2D eigenvalue weighted by Gasteiger charge is 2.04. The van der Waals surface area contributed by atoms with Crippen LogP contribution in [0.3, 0.4) is 0 Å². The fourth-order valence-electron chi connectivity index (χ4n) is 1.67. The third-order valence-electron chi connectivity index (χ3n) is 2.47. The van der Waals surface area contributed by atoms with Gasteiger partial charge in [-0.15, -0.1) is 23.1 Å². The van der Waals surface area contributed by atoms with Gasteiger partial charge in [-0.25, -0.2) is 4.98 Å². The summed E-state index contributed by atoms with van der Waals surface area (Å²) in [6.45, 7) is 4.37. The molecule has 0 aliphatic rings. The lowest BCUT2D eigenvalue weighted by Gasteiger charge is -2.00. The van der Waals surface area contributed by atoms with Crippen molar-refractivity contribution >= 4 is 23.1 Å². The molecule has 0 fully saturated rings. The average molecular weight is 263 g/mol. The second kappa shape index (κ2) is 6.22. The number of hydrogen-bond acceptors (Lipinski definition) is 3. The number of aromatic nitrogens is 1. The lowest BCUT2D eigenvalue weighted by molar-refractivity contribution is 0.893. The van der Waals surface area contributed by atoms with Crippen LogP contribution in [0.25, 0.3) is 10.6 Å². The van der Waals surface area contributed by atoms with Crippen LogP contribution < -0.4 is 0 Å². The molecular weight excluding hydrogens is 246 g/mol. The molecule has 0 bridgehead atoms. The van der Waals surface area contributed by atoms with Gasteiger partial charge in [-0.3, -0.25) is 0 Å². The minimum atomic E-state index is 1.08. The lowest BCUT2D eigenvalue weighted by atomic mass is 10.2. The van der Waals surface area contributed by atoms with Gasteiger partial charge in [0.05, 0.1) is 5.69 Å². The summed E-state index contributed by atoms with van der Waals surface area (Å²) in [6.07, 6.45) is 2.25. The van der Waals surface area contributed by atoms with E-state index in [9.17, 15) is 0 Å². The first kappa shape index (κ1) is 12.7. The van der Waals surface area contributed by atoms with Crippen LogP contribution in [0.15, 0.2) is 34.5 Å². The van der Waals surface area contributed by atoms with E-state index in [4.69, 9.17) is 0 Å². The molecule has 2 aromatic rings. The van der Waals surface area contributed by atoms with Crippen LogP contribution in [0.1, 0.15) is 26.0 Å². The summed E-state index contributed by atoms with van der Waals surface area (Å²) in [6, 6.07) is 8.72. The number of hydrogen-bond donors (Lipinski definition) is 0. The van der Waals surface area contributed by atoms with Crippen LogP contribution in [0.2, 0.25) is 0 Å². The second-order valence-electron chi connectivity index (χ2n) is 3.85. The van der Waals surface area contributed by atoms with Crippen LogP contribution >= 0.6 is 23.1 Å². The largest absolute Gasteiger partial charge is 0.241 e. The van der Waals surface area contributed by atoms with Crippen LogP contribution in [-0.4, -0.2) is 10.7 Å². The standard InChI is InChI=1S/C14H17NS2/c1-3-5-12-10-17-14(15-12)11-6-8-13(9-7-11)16-4-2/h6-10H,3-5H2,1-2H3. The van der Waals surface area contributed by atoms with E-state index in [1.807, 2.05) is 11.8 Å². The van der Waals surface area contributed by atoms with Gasteiger partial charge in [0.1, 0.15) is 5.01 Å². The average Bonchev–Trinajstić information content (AvgIpc) is 2.80. The van der Waals surface area contributed by atoms with Crippen LogP contribution in [0.4, 0.5) is 0 Å². The van der Waals surface area contributed by atoms with Gasteiger partial charge in [-0.2, -0.15) is 0 Å². The summed E-state index contributed by atoms with van der Waals surface area (Å²) in [5.74, 6) is 1.12. The third-order valence-corrected chi connectivity index (χ3v) is 4.30. The van der Waals surface area contributed by atoms with E-state index in [2.05, 4.69) is 48.5 Å². The number of aryl methyl sites for hydroxylation is 1. The smallest absolute Gasteiger partial charge is 0.123 e. The number of thiazole rings is 1. The molecule has 0 spiro atoms. The molecule has 0 unspecified atom stereocenters. The molecular formula is C14H17NS2. The van der Waals surface area contributed by atoms with E-state index in [1.165, 1.54) is 16.2 Å². The summed E-state index contributed by atoms with van der Waals surface area (Å²) >= 11 is 3.62. The van der Waals surface area contributed by atoms with E-state index in [1.54, 1.807) is 11.3 Å². The number of rotatable bonds is 5. The second-order valence-corrected chi connectivity index (χ2v) is 6.05. The molecule has 0 aliphatic heterocycles. The van der Waals surface area contributed by atoms with Crippen molar-refractivity contribution < 1.29 is 0 Å². The van der Waals surface area contributed by atoms with E-state index < -0.39 is 0 Å². The Hall–Kier alpha value is -0.800. The Morgan fingerprint density at radius 1 is 1.18 bits per heavy atom. The highest BCUT2D eigenvalue weighted by molar-refractivity contribution is 7.99. The molecule has 17 heavy (non-hydrogen) atoms. The normalized spacial score (nSPS) is 10.7. The zero-order valence-corrected chi connectivity index (χ0v) is 11.9. The monoisotopic (exact) mass is 263 g/mol. The number of nitrogens with zero attached hydrogens (tertiary/aromatic N) is 1. The number of benzene rings is 1. The van der Waals surface area contributed by atoms with Crippen LogP contribution in [-0.2, 0) is 6.42 Å². The maximum Gasteiger partial charge on any atom is 0.123 e. The molecule has 2 rings (SSSR count). The molecule has 1 aromatic carbocycles. The first-order valence-corrected chi connectivity index (χ1v) is 7.87. The molecule has 0 saturated carbocycles. The molecule has 0 atom stereocenters. The zero-order valence-electron chi connectivity index (χ0n) is 10.3. The maximum atomic E-state index is 4.66. The van der Waals surface area contributed by atoms with Gasteiger partial charge < -0.3 is 0 Å². The Labute approximate surface area is 111 Å². The quantitative estimate of drug-likeness (QED) is 0.713. The fraction of sp³-hybridized carbons (Fsp3) is 0.357. The zero-order chi connectivity index (χ0) is 12.1. The molecule has 1 aromatic heterocycles. The molecule has 1 heterocycles. The van der Waals surface area contributed by atoms with Gasteiger partial charge in [0, 0.05) is 15.8 Å². The summed E-state index contributed by atoms with van der Waals surface area (Å²) in [5.41, 5.74) is 2.46. The molecule has 0 saturated heterocycles. The van der Waals surface area contributed by atoms with E-state index >= 15 is 0 Å². The Morgan fingerprint density at radius 2 is 1.94 bits per heavy atom. The topological polar surface area (TPSA) is 12.9 Å². The Kier molecular flexibility index (Phi) is 4.63. The Morgan fingerprint density at radius 3 is 2.59 bits per heavy atom. The summed E-state index contributed by atoms with van der Waals surface area (Å²) in [7, 11) is 0. The summed E-state index contributed by atoms with van der Waals surface area (Å²) in [5, 5.41) is 3.31. The summed E-state index contributed by atoms with van der Waals surface area (Å²) in [4.78, 5) is 5.99. The van der Waals surface area contributed by atoms with Crippen molar-refractivity contribution in [3.8, 4) is 10.6 Å². The van der Waals surface area contributed by atoms with Crippen LogP contribution in [0, 0.1) is 0 Å². The van der Waals surface area contributed by atoms with Crippen molar-refractivity contribution in [3.05, 3.63) is 35.3 Å². The van der Waals surface area contributed by atoms with Crippen molar-refractivity contribution in [1.29, 1.82) is 0 Å². The highest BCUT2D eigenvalue weighted by atomic mass is 32.2. The lowest BCUT2D eigenvalue weighted by Crippen LogP contribution is -1.83. The molecule has 0 amide bonds. The third kappa shape index (κ3) is 3.33. The van der Waals surface area contributed by atoms with E-state index in [0.29, 0.717) is 0 Å². The molecule has 90 valence electrons. The van der Waals surface area contributed by atoms with Gasteiger partial charge in [0.25, 0.3) is 0 Å². The molecule has 0 N–H and O–H groups in total. The molecule has 1 nitrogen and oxygen atoms in total. The van der Waals surface area contributed by atoms with Crippen molar-refractivity contribution in [2.24, 2.45) is 0 Å². The minimum absolute atomic E-state index is 1.08. The molecule has 0 radical (unpaired) electrons. The highest BCUT2D eigenvalue weighted by Crippen LogP contribution is 2.26. The van der Waals surface area contributed by atoms with Gasteiger partial charge >= 0.3 is 0 Å². The number of thioether (sulfide) groups is 1. The first-order valence-electron chi connectivity index (χ1n) is 6.01. The van der Waals surface area contributed by atoms with Gasteiger partial charge in [-0.05, 0) is 24.3 Å². The maximum absolute atomic E-state index is 4.66. The van der Waals surface area contributed by atoms with Gasteiger partial charge in [-0.1, -0.05) is 32.4 Å². The van der Waals surface area contributed by atoms with Gasteiger partial charge in [0.2, 0.25) is 0 Å². The fourth-order valence-corrected chi connectivity index (χ4v) is 3.19. The predicted molar refractivity (Wildman–Crippen MR) is 77.9 cm³/mol. The van der Waals surface area contributed by atoms with Crippen LogP contribution in [0.5, 0.6) is 0 Å². The first-order chi connectivity index (χ1) is 8.33. The van der Waals surface area contributed by atoms with E-state index in [0.717, 1.165) is 23.6 Å². The van der Waals surface area contributed by atoms with E-state index in [-0.39, 0.29) is 0 Å². The molecule has 3 heteroatoms. The molecule has 0 aliphatic carbocycles.